The number of aromatic hydroxyl groups is 2. The number of fused-ring (bicyclic) bond motifs is 4. The third kappa shape index (κ3) is 8.27. The van der Waals surface area contributed by atoms with Crippen LogP contribution < -0.4 is 10.9 Å². The Hall–Kier alpha value is -9.98. The molecule has 0 spiro atoms. The lowest BCUT2D eigenvalue weighted by molar-refractivity contribution is -0.173. The third-order valence-electron chi connectivity index (χ3n) is 11.2. The molecule has 10 rings (SSSR count). The highest BCUT2D eigenvalue weighted by atomic mass is 16.7. The normalized spacial score (nSPS) is 13.5. The minimum Gasteiger partial charge on any atom is -0.508 e. The topological polar surface area (TPSA) is 303 Å². The summed E-state index contributed by atoms with van der Waals surface area (Å²) in [6.45, 7) is 0. The van der Waals surface area contributed by atoms with Crippen LogP contribution in [0.1, 0.15) is 67.1 Å². The number of hydrogen-bond donors (Lipinski definition) is 4. The summed E-state index contributed by atoms with van der Waals surface area (Å²) in [6.07, 6.45) is -0.382. The molecule has 0 bridgehead atoms. The molecule has 0 atom stereocenters. The Labute approximate surface area is 389 Å². The SMILES string of the molecule is O=C(ON1C(=O)CCC1=O)c1ccc(-c2c3ccc(=O)cc-3oc3cc(O)ccc23)c(C(=O)O)c1.O=C(ON1C(=O)CCC1=O)c1cccc(-c2c3ccc(=O)cc-3oc3cc(O)ccc23)c1C(=O)O. The third-order valence-corrected chi connectivity index (χ3v) is 11.2. The average Bonchev–Trinajstić information content (AvgIpc) is 3.82. The number of benzene rings is 6. The molecule has 348 valence electrons. The molecule has 4 aromatic rings. The Morgan fingerprint density at radius 3 is 1.43 bits per heavy atom. The quantitative estimate of drug-likeness (QED) is 0.0948. The molecule has 4 aliphatic heterocycles. The van der Waals surface area contributed by atoms with Crippen LogP contribution >= 0.6 is 0 Å². The van der Waals surface area contributed by atoms with Crippen LogP contribution in [0.15, 0.2) is 128 Å². The fraction of sp³-hybridized carbons (Fsp3) is 0.0800. The van der Waals surface area contributed by atoms with E-state index < -0.39 is 53.1 Å². The monoisotopic (exact) mass is 946 g/mol. The van der Waals surface area contributed by atoms with Crippen molar-refractivity contribution in [1.82, 2.24) is 10.1 Å². The first-order valence-corrected chi connectivity index (χ1v) is 20.8. The van der Waals surface area contributed by atoms with Gasteiger partial charge in [-0.15, -0.1) is 10.1 Å². The Kier molecular flexibility index (Phi) is 11.4. The van der Waals surface area contributed by atoms with Gasteiger partial charge in [-0.2, -0.15) is 0 Å². The Morgan fingerprint density at radius 1 is 0.471 bits per heavy atom. The van der Waals surface area contributed by atoms with Gasteiger partial charge >= 0.3 is 23.9 Å². The van der Waals surface area contributed by atoms with Gasteiger partial charge in [0.1, 0.15) is 34.2 Å². The van der Waals surface area contributed by atoms with E-state index >= 15 is 0 Å². The van der Waals surface area contributed by atoms with Crippen molar-refractivity contribution in [2.75, 3.05) is 0 Å². The van der Waals surface area contributed by atoms with E-state index in [1.165, 1.54) is 97.1 Å². The van der Waals surface area contributed by atoms with Gasteiger partial charge in [0.15, 0.2) is 10.9 Å². The van der Waals surface area contributed by atoms with E-state index in [1.807, 2.05) is 0 Å². The fourth-order valence-corrected chi connectivity index (χ4v) is 8.11. The van der Waals surface area contributed by atoms with Gasteiger partial charge in [-0.05, 0) is 77.9 Å². The number of amides is 4. The summed E-state index contributed by atoms with van der Waals surface area (Å²) in [5.74, 6) is -7.69. The van der Waals surface area contributed by atoms with Crippen molar-refractivity contribution in [3.8, 4) is 56.4 Å². The Bertz CT molecular complexity index is 3650. The summed E-state index contributed by atoms with van der Waals surface area (Å²) >= 11 is 0. The van der Waals surface area contributed by atoms with Crippen molar-refractivity contribution >= 4 is 69.4 Å². The van der Waals surface area contributed by atoms with Crippen LogP contribution in [-0.4, -0.2) is 78.1 Å². The second kappa shape index (κ2) is 17.7. The lowest BCUT2D eigenvalue weighted by atomic mass is 9.89. The maximum Gasteiger partial charge on any atom is 0.364 e. The Morgan fingerprint density at radius 2 is 0.943 bits per heavy atom. The number of nitrogens with zero attached hydrogens (tertiary/aromatic N) is 2. The van der Waals surface area contributed by atoms with Gasteiger partial charge in [0, 0.05) is 83.0 Å². The second-order valence-corrected chi connectivity index (χ2v) is 15.7. The number of hydroxylamine groups is 4. The molecule has 20 nitrogen and oxygen atoms in total. The molecular formula is C50H30N2O18. The summed E-state index contributed by atoms with van der Waals surface area (Å²) in [5.41, 5.74) is 0.308. The van der Waals surface area contributed by atoms with Gasteiger partial charge in [0.2, 0.25) is 0 Å². The van der Waals surface area contributed by atoms with E-state index in [2.05, 4.69) is 0 Å². The van der Waals surface area contributed by atoms with E-state index in [-0.39, 0.29) is 98.5 Å². The minimum atomic E-state index is -1.46. The Balaban J connectivity index is 0.000000174. The number of carbonyl (C=O) groups excluding carboxylic acids is 6. The molecule has 0 aromatic heterocycles. The van der Waals surface area contributed by atoms with E-state index in [9.17, 15) is 68.4 Å². The maximum atomic E-state index is 12.9. The number of carboxylic acids is 2. The molecule has 70 heavy (non-hydrogen) atoms. The lowest BCUT2D eigenvalue weighted by Gasteiger charge is -2.18. The smallest absolute Gasteiger partial charge is 0.364 e. The fourth-order valence-electron chi connectivity index (χ4n) is 8.11. The number of aromatic carboxylic acids is 2. The molecule has 4 N–H and O–H groups in total. The minimum absolute atomic E-state index is 0.0781. The van der Waals surface area contributed by atoms with Crippen LogP contribution in [0.2, 0.25) is 0 Å². The van der Waals surface area contributed by atoms with Crippen LogP contribution in [0.3, 0.4) is 0 Å². The largest absolute Gasteiger partial charge is 0.508 e. The number of hydrogen-bond acceptors (Lipinski definition) is 16. The molecule has 0 radical (unpaired) electrons. The van der Waals surface area contributed by atoms with Gasteiger partial charge in [0.25, 0.3) is 23.6 Å². The molecule has 4 amide bonds. The molecule has 2 aliphatic carbocycles. The summed E-state index contributed by atoms with van der Waals surface area (Å²) in [5, 5.41) is 41.4. The first-order valence-electron chi connectivity index (χ1n) is 20.8. The molecule has 4 heterocycles. The van der Waals surface area contributed by atoms with E-state index in [0.717, 1.165) is 6.07 Å². The van der Waals surface area contributed by atoms with Gasteiger partial charge in [-0.3, -0.25) is 28.8 Å². The van der Waals surface area contributed by atoms with Crippen molar-refractivity contribution < 1.29 is 77.3 Å². The summed E-state index contributed by atoms with van der Waals surface area (Å²) in [7, 11) is 0. The number of imide groups is 2. The first kappa shape index (κ1) is 45.2. The zero-order chi connectivity index (χ0) is 49.7. The van der Waals surface area contributed by atoms with Crippen LogP contribution in [0.5, 0.6) is 11.5 Å². The highest BCUT2D eigenvalue weighted by molar-refractivity contribution is 6.13. The molecule has 2 fully saturated rings. The van der Waals surface area contributed by atoms with Crippen LogP contribution in [0, 0.1) is 0 Å². The van der Waals surface area contributed by atoms with Gasteiger partial charge in [-0.25, -0.2) is 19.2 Å². The standard InChI is InChI=1S/2C25H15NO9/c27-13-2-5-16-19(10-13)34-20-11-14(28)3-6-17(20)23(16)15-4-1-12(9-18(15)24(31)32)25(33)35-26-21(29)7-8-22(26)30;27-12-4-6-14-18(10-12)34-19-11-13(28)5-7-15(19)22(14)16-2-1-3-17(23(16)24(31)32)25(33)35-26-20(29)8-9-21(26)30/h1-6,9-11,27H,7-8H2,(H,31,32);1-7,10-11,27H,8-9H2,(H,31,32). The van der Waals surface area contributed by atoms with Gasteiger partial charge in [-0.1, -0.05) is 18.2 Å². The number of carboxylic acid groups (broad SMARTS) is 2. The molecule has 0 unspecified atom stereocenters. The summed E-state index contributed by atoms with van der Waals surface area (Å²) < 4.78 is 11.6. The lowest BCUT2D eigenvalue weighted by Crippen LogP contribution is -2.32. The van der Waals surface area contributed by atoms with Gasteiger partial charge in [0.05, 0.1) is 22.3 Å². The highest BCUT2D eigenvalue weighted by Gasteiger charge is 2.36. The van der Waals surface area contributed by atoms with Crippen molar-refractivity contribution in [1.29, 1.82) is 0 Å². The van der Waals surface area contributed by atoms with Crippen LogP contribution in [0.25, 0.3) is 66.8 Å². The zero-order valence-corrected chi connectivity index (χ0v) is 35.6. The molecule has 6 aliphatic rings. The predicted octanol–water partition coefficient (Wildman–Crippen LogP) is 6.38. The first-order chi connectivity index (χ1) is 33.5. The number of phenols is 2. The number of rotatable bonds is 8. The van der Waals surface area contributed by atoms with Crippen molar-refractivity contribution in [2.24, 2.45) is 0 Å². The number of phenolic OH excluding ortho intramolecular Hbond substituents is 2. The maximum absolute atomic E-state index is 12.9. The van der Waals surface area contributed by atoms with Crippen LogP contribution in [0.4, 0.5) is 0 Å². The van der Waals surface area contributed by atoms with Gasteiger partial charge < -0.3 is 38.9 Å². The molecule has 4 aromatic carbocycles. The molecule has 0 saturated carbocycles. The van der Waals surface area contributed by atoms with Crippen molar-refractivity contribution in [3.05, 3.63) is 152 Å². The number of carbonyl (C=O) groups is 8. The van der Waals surface area contributed by atoms with Crippen molar-refractivity contribution in [2.45, 2.75) is 25.7 Å². The summed E-state index contributed by atoms with van der Waals surface area (Å²) in [4.78, 5) is 131. The summed E-state index contributed by atoms with van der Waals surface area (Å²) in [6, 6.07) is 24.4. The molecule has 2 saturated heterocycles. The molecule has 20 heteroatoms. The van der Waals surface area contributed by atoms with Crippen LogP contribution in [-0.2, 0) is 28.9 Å². The second-order valence-electron chi connectivity index (χ2n) is 15.7. The van der Waals surface area contributed by atoms with E-state index in [0.29, 0.717) is 43.2 Å². The highest BCUT2D eigenvalue weighted by Crippen LogP contribution is 2.44. The average molecular weight is 947 g/mol. The zero-order valence-electron chi connectivity index (χ0n) is 35.6. The predicted molar refractivity (Wildman–Crippen MR) is 239 cm³/mol. The molecular weight excluding hydrogens is 917 g/mol. The van der Waals surface area contributed by atoms with Crippen molar-refractivity contribution in [3.63, 3.8) is 0 Å². The van der Waals surface area contributed by atoms with E-state index in [4.69, 9.17) is 18.5 Å². The van der Waals surface area contributed by atoms with E-state index in [1.54, 1.807) is 6.07 Å².